The molecule has 2 N–H and O–H groups in total. The zero-order valence-corrected chi connectivity index (χ0v) is 6.85. The summed E-state index contributed by atoms with van der Waals surface area (Å²) in [6, 6.07) is 0. The first-order valence-electron chi connectivity index (χ1n) is 3.75. The second-order valence-electron chi connectivity index (χ2n) is 2.48. The van der Waals surface area contributed by atoms with Crippen molar-refractivity contribution in [1.82, 2.24) is 5.32 Å². The largest absolute Gasteiger partial charge is 0.395 e. The first-order valence-corrected chi connectivity index (χ1v) is 3.75. The Morgan fingerprint density at radius 1 is 1.70 bits per heavy atom. The molecular weight excluding hydrogens is 126 g/mol. The maximum atomic E-state index is 8.47. The monoisotopic (exact) mass is 143 g/mol. The van der Waals surface area contributed by atoms with Gasteiger partial charge in [-0.05, 0) is 12.3 Å². The molecule has 1 unspecified atom stereocenters. The zero-order chi connectivity index (χ0) is 7.98. The van der Waals surface area contributed by atoms with E-state index in [1.165, 1.54) is 0 Å². The maximum absolute atomic E-state index is 8.47. The van der Waals surface area contributed by atoms with Crippen molar-refractivity contribution in [3.8, 4) is 0 Å². The molecule has 0 aromatic rings. The lowest BCUT2D eigenvalue weighted by molar-refractivity contribution is 0.295. The lowest BCUT2D eigenvalue weighted by atomic mass is 10.1. The molecule has 2 heteroatoms. The Hall–Kier alpha value is -0.500. The Kier molecular flexibility index (Phi) is 5.03. The molecule has 0 bridgehead atoms. The second-order valence-corrected chi connectivity index (χ2v) is 2.48. The van der Waals surface area contributed by atoms with Gasteiger partial charge in [-0.2, -0.15) is 0 Å². The van der Waals surface area contributed by atoms with Crippen LogP contribution in [0.15, 0.2) is 12.3 Å². The summed E-state index contributed by atoms with van der Waals surface area (Å²) >= 11 is 0. The van der Waals surface area contributed by atoms with Crippen LogP contribution in [-0.4, -0.2) is 18.3 Å². The van der Waals surface area contributed by atoms with Crippen molar-refractivity contribution in [3.63, 3.8) is 0 Å². The van der Waals surface area contributed by atoms with Crippen molar-refractivity contribution >= 4 is 0 Å². The van der Waals surface area contributed by atoms with Crippen LogP contribution in [-0.2, 0) is 0 Å². The minimum atomic E-state index is 0.176. The molecule has 0 aliphatic carbocycles. The highest BCUT2D eigenvalue weighted by Crippen LogP contribution is 2.07. The number of nitrogens with one attached hydrogen (secondary N) is 1. The first kappa shape index (κ1) is 9.50. The number of hydrogen-bond acceptors (Lipinski definition) is 2. The fourth-order valence-corrected chi connectivity index (χ4v) is 0.637. The Balaban J connectivity index is 3.42. The molecule has 0 aromatic heterocycles. The van der Waals surface area contributed by atoms with E-state index in [4.69, 9.17) is 5.11 Å². The molecule has 0 aromatic carbocycles. The molecule has 0 amide bonds. The van der Waals surface area contributed by atoms with Crippen molar-refractivity contribution < 1.29 is 5.11 Å². The summed E-state index contributed by atoms with van der Waals surface area (Å²) in [6.45, 7) is 8.87. The van der Waals surface area contributed by atoms with E-state index < -0.39 is 0 Å². The third-order valence-electron chi connectivity index (χ3n) is 1.67. The van der Waals surface area contributed by atoms with Crippen LogP contribution in [0.5, 0.6) is 0 Å². The number of allylic oxidation sites excluding steroid dienone is 1. The molecule has 0 spiro atoms. The van der Waals surface area contributed by atoms with Crippen molar-refractivity contribution in [2.75, 3.05) is 13.2 Å². The number of aliphatic hydroxyl groups is 1. The zero-order valence-electron chi connectivity index (χ0n) is 6.85. The van der Waals surface area contributed by atoms with Gasteiger partial charge in [0.15, 0.2) is 0 Å². The minimum absolute atomic E-state index is 0.176. The molecule has 0 rings (SSSR count). The molecule has 10 heavy (non-hydrogen) atoms. The van der Waals surface area contributed by atoms with E-state index in [9.17, 15) is 0 Å². The predicted octanol–water partition coefficient (Wildman–Crippen LogP) is 1.13. The predicted molar refractivity (Wildman–Crippen MR) is 43.7 cm³/mol. The Morgan fingerprint density at radius 2 is 2.30 bits per heavy atom. The van der Waals surface area contributed by atoms with Gasteiger partial charge in [0.05, 0.1) is 6.61 Å². The molecule has 1 atom stereocenters. The van der Waals surface area contributed by atoms with Gasteiger partial charge in [-0.3, -0.25) is 0 Å². The SMILES string of the molecule is C=C(NCCO)C(C)CC. The molecule has 2 nitrogen and oxygen atoms in total. The molecule has 0 saturated carbocycles. The van der Waals surface area contributed by atoms with Gasteiger partial charge in [0.25, 0.3) is 0 Å². The molecule has 0 radical (unpaired) electrons. The third-order valence-corrected chi connectivity index (χ3v) is 1.67. The minimum Gasteiger partial charge on any atom is -0.395 e. The molecule has 60 valence electrons. The molecule has 0 fully saturated rings. The van der Waals surface area contributed by atoms with Crippen LogP contribution in [0.25, 0.3) is 0 Å². The summed E-state index contributed by atoms with van der Waals surface area (Å²) in [4.78, 5) is 0. The topological polar surface area (TPSA) is 32.3 Å². The fourth-order valence-electron chi connectivity index (χ4n) is 0.637. The van der Waals surface area contributed by atoms with Crippen LogP contribution in [0.3, 0.4) is 0 Å². The van der Waals surface area contributed by atoms with Crippen LogP contribution in [0, 0.1) is 5.92 Å². The maximum Gasteiger partial charge on any atom is 0.0603 e. The first-order chi connectivity index (χ1) is 4.72. The summed E-state index contributed by atoms with van der Waals surface area (Å²) in [6.07, 6.45) is 1.09. The van der Waals surface area contributed by atoms with Gasteiger partial charge in [0, 0.05) is 12.2 Å². The van der Waals surface area contributed by atoms with Crippen LogP contribution in [0.4, 0.5) is 0 Å². The van der Waals surface area contributed by atoms with E-state index in [-0.39, 0.29) is 6.61 Å². The van der Waals surface area contributed by atoms with Crippen LogP contribution >= 0.6 is 0 Å². The van der Waals surface area contributed by atoms with E-state index in [0.29, 0.717) is 12.5 Å². The van der Waals surface area contributed by atoms with Gasteiger partial charge >= 0.3 is 0 Å². The molecule has 0 saturated heterocycles. The van der Waals surface area contributed by atoms with Crippen molar-refractivity contribution in [2.24, 2.45) is 5.92 Å². The van der Waals surface area contributed by atoms with Gasteiger partial charge in [-0.15, -0.1) is 0 Å². The lowest BCUT2D eigenvalue weighted by Crippen LogP contribution is -2.20. The van der Waals surface area contributed by atoms with E-state index in [1.807, 2.05) is 0 Å². The summed E-state index contributed by atoms with van der Waals surface area (Å²) in [5.74, 6) is 0.506. The quantitative estimate of drug-likeness (QED) is 0.604. The van der Waals surface area contributed by atoms with E-state index in [2.05, 4.69) is 25.7 Å². The Morgan fingerprint density at radius 3 is 2.70 bits per heavy atom. The van der Waals surface area contributed by atoms with Crippen LogP contribution in [0.1, 0.15) is 20.3 Å². The standard InChI is InChI=1S/C8H17NO/c1-4-7(2)8(3)9-5-6-10/h7,9-10H,3-6H2,1-2H3. The number of rotatable bonds is 5. The summed E-state index contributed by atoms with van der Waals surface area (Å²) in [5.41, 5.74) is 1.02. The van der Waals surface area contributed by atoms with E-state index in [1.54, 1.807) is 0 Å². The van der Waals surface area contributed by atoms with Gasteiger partial charge < -0.3 is 10.4 Å². The van der Waals surface area contributed by atoms with E-state index >= 15 is 0 Å². The Bertz CT molecular complexity index is 101. The summed E-state index contributed by atoms with van der Waals surface area (Å²) < 4.78 is 0. The smallest absolute Gasteiger partial charge is 0.0603 e. The summed E-state index contributed by atoms with van der Waals surface area (Å²) in [7, 11) is 0. The number of aliphatic hydroxyl groups excluding tert-OH is 1. The van der Waals surface area contributed by atoms with Gasteiger partial charge in [-0.25, -0.2) is 0 Å². The Labute approximate surface area is 62.9 Å². The highest BCUT2D eigenvalue weighted by molar-refractivity contribution is 4.95. The van der Waals surface area contributed by atoms with Crippen molar-refractivity contribution in [1.29, 1.82) is 0 Å². The summed E-state index contributed by atoms with van der Waals surface area (Å²) in [5, 5.41) is 11.5. The van der Waals surface area contributed by atoms with Crippen molar-refractivity contribution in [3.05, 3.63) is 12.3 Å². The molecular formula is C8H17NO. The van der Waals surface area contributed by atoms with Gasteiger partial charge in [0.1, 0.15) is 0 Å². The second kappa shape index (κ2) is 5.30. The highest BCUT2D eigenvalue weighted by atomic mass is 16.3. The average Bonchev–Trinajstić information content (AvgIpc) is 1.98. The lowest BCUT2D eigenvalue weighted by Gasteiger charge is -2.13. The van der Waals surface area contributed by atoms with Gasteiger partial charge in [0.2, 0.25) is 0 Å². The molecule has 0 heterocycles. The van der Waals surface area contributed by atoms with Crippen LogP contribution in [0.2, 0.25) is 0 Å². The van der Waals surface area contributed by atoms with Gasteiger partial charge in [-0.1, -0.05) is 20.4 Å². The van der Waals surface area contributed by atoms with Crippen LogP contribution < -0.4 is 5.32 Å². The molecule has 0 aliphatic heterocycles. The van der Waals surface area contributed by atoms with E-state index in [0.717, 1.165) is 12.1 Å². The third kappa shape index (κ3) is 3.51. The normalized spacial score (nSPS) is 12.7. The van der Waals surface area contributed by atoms with Crippen molar-refractivity contribution in [2.45, 2.75) is 20.3 Å². The molecule has 0 aliphatic rings. The fraction of sp³-hybridized carbons (Fsp3) is 0.750. The average molecular weight is 143 g/mol. The number of hydrogen-bond donors (Lipinski definition) is 2. The highest BCUT2D eigenvalue weighted by Gasteiger charge is 2.00.